The fourth-order valence-corrected chi connectivity index (χ4v) is 6.73. The van der Waals surface area contributed by atoms with Crippen LogP contribution in [0.25, 0.3) is 0 Å². The number of nitrogens with zero attached hydrogens (tertiary/aromatic N) is 1. The topological polar surface area (TPSA) is 52.6 Å². The second-order valence-electron chi connectivity index (χ2n) is 15.1. The zero-order valence-electron chi connectivity index (χ0n) is 33.0. The molecule has 0 aromatic heterocycles. The molecule has 0 aromatic rings. The fraction of sp³-hybridized carbons (Fsp3) is 0.773. The number of hydrogen-bond acceptors (Lipinski definition) is 4. The highest BCUT2D eigenvalue weighted by atomic mass is 35.5. The molecular weight excluding hydrogens is 642 g/mol. The number of hydrogen-bond donors (Lipinski definition) is 0. The molecule has 1 rings (SSSR count). The third-order valence-electron chi connectivity index (χ3n) is 9.70. The molecule has 1 fully saturated rings. The van der Waals surface area contributed by atoms with Crippen molar-refractivity contribution in [1.29, 1.82) is 0 Å². The van der Waals surface area contributed by atoms with Crippen LogP contribution in [0.15, 0.2) is 48.6 Å². The van der Waals surface area contributed by atoms with Crippen molar-refractivity contribution in [1.82, 2.24) is 0 Å². The van der Waals surface area contributed by atoms with E-state index in [0.29, 0.717) is 26.1 Å². The maximum absolute atomic E-state index is 12.5. The molecule has 6 heteroatoms. The van der Waals surface area contributed by atoms with E-state index >= 15 is 0 Å². The summed E-state index contributed by atoms with van der Waals surface area (Å²) >= 11 is 0. The number of unbranched alkanes of at least 4 members (excludes halogenated alkanes) is 16. The van der Waals surface area contributed by atoms with Crippen molar-refractivity contribution >= 4 is 11.9 Å². The minimum absolute atomic E-state index is 0. The van der Waals surface area contributed by atoms with Gasteiger partial charge in [0.15, 0.2) is 0 Å². The Balaban J connectivity index is 0.0000240. The fourth-order valence-electron chi connectivity index (χ4n) is 6.73. The number of rotatable bonds is 32. The van der Waals surface area contributed by atoms with Crippen LogP contribution < -0.4 is 12.4 Å². The van der Waals surface area contributed by atoms with Crippen LogP contribution in [0.3, 0.4) is 0 Å². The molecule has 50 heavy (non-hydrogen) atoms. The number of halogens is 1. The molecule has 2 atom stereocenters. The Kier molecular flexibility index (Phi) is 33.0. The summed E-state index contributed by atoms with van der Waals surface area (Å²) in [6.07, 6.45) is 45.3. The van der Waals surface area contributed by atoms with Crippen LogP contribution in [-0.4, -0.2) is 56.8 Å². The number of esters is 2. The predicted octanol–water partition coefficient (Wildman–Crippen LogP) is 9.03. The van der Waals surface area contributed by atoms with Gasteiger partial charge in [-0.1, -0.05) is 127 Å². The van der Waals surface area contributed by atoms with Gasteiger partial charge in [-0.3, -0.25) is 9.59 Å². The molecule has 290 valence electrons. The first-order valence-electron chi connectivity index (χ1n) is 20.6. The summed E-state index contributed by atoms with van der Waals surface area (Å²) in [6, 6.07) is 0. The van der Waals surface area contributed by atoms with Crippen molar-refractivity contribution in [3.63, 3.8) is 0 Å². The second-order valence-corrected chi connectivity index (χ2v) is 15.1. The maximum atomic E-state index is 12.5. The molecule has 1 aliphatic rings. The van der Waals surface area contributed by atoms with Crippen LogP contribution in [0.5, 0.6) is 0 Å². The van der Waals surface area contributed by atoms with Gasteiger partial charge in [0.1, 0.15) is 13.2 Å². The lowest BCUT2D eigenvalue weighted by Crippen LogP contribution is -3.00. The molecule has 1 unspecified atom stereocenters. The highest BCUT2D eigenvalue weighted by Gasteiger charge is 2.41. The monoisotopic (exact) mass is 720 g/mol. The van der Waals surface area contributed by atoms with Gasteiger partial charge in [0, 0.05) is 12.8 Å². The van der Waals surface area contributed by atoms with E-state index in [4.69, 9.17) is 9.47 Å². The standard InChI is InChI=1S/C44H78NO4.ClH/c1-5-7-9-11-13-15-17-19-21-23-25-27-29-31-33-35-43(46)48-39-41-37-45(3,4)38-42(41)40-49-44(47)36-34-32-30-28-26-24-22-20-18-16-14-12-10-8-6-2;/h13-16,19-22,41-42H,5-12,17-18,23-40H2,1-4H3;1H/q+1;/p-1/b15-13-,16-14-,21-19-,22-20-;/t41-,42?;/m0./s1. The molecule has 0 radical (unpaired) electrons. The number of carbonyl (C=O) groups is 2. The summed E-state index contributed by atoms with van der Waals surface area (Å²) in [7, 11) is 4.42. The number of allylic oxidation sites excluding steroid dienone is 8. The molecule has 0 aromatic carbocycles. The van der Waals surface area contributed by atoms with Gasteiger partial charge in [0.2, 0.25) is 0 Å². The van der Waals surface area contributed by atoms with Gasteiger partial charge in [0.05, 0.1) is 39.0 Å². The lowest BCUT2D eigenvalue weighted by atomic mass is 9.98. The van der Waals surface area contributed by atoms with Crippen LogP contribution in [0.2, 0.25) is 0 Å². The number of likely N-dealkylation sites (tertiary alicyclic amines) is 1. The van der Waals surface area contributed by atoms with Crippen LogP contribution in [0.4, 0.5) is 0 Å². The molecule has 0 spiro atoms. The first-order chi connectivity index (χ1) is 23.9. The van der Waals surface area contributed by atoms with E-state index in [1.165, 1.54) is 89.9 Å². The largest absolute Gasteiger partial charge is 1.00 e. The van der Waals surface area contributed by atoms with Crippen LogP contribution >= 0.6 is 0 Å². The number of quaternary nitrogens is 1. The quantitative estimate of drug-likeness (QED) is 0.0302. The Bertz CT molecular complexity index is 853. The van der Waals surface area contributed by atoms with E-state index < -0.39 is 0 Å². The Morgan fingerprint density at radius 3 is 1.18 bits per heavy atom. The Hall–Kier alpha value is -1.85. The zero-order valence-corrected chi connectivity index (χ0v) is 33.8. The van der Waals surface area contributed by atoms with E-state index in [9.17, 15) is 9.59 Å². The lowest BCUT2D eigenvalue weighted by Gasteiger charge is -2.23. The molecule has 1 saturated heterocycles. The average molecular weight is 721 g/mol. The third-order valence-corrected chi connectivity index (χ3v) is 9.70. The summed E-state index contributed by atoms with van der Waals surface area (Å²) in [6.45, 7) is 7.27. The Morgan fingerprint density at radius 1 is 0.500 bits per heavy atom. The Labute approximate surface area is 315 Å². The smallest absolute Gasteiger partial charge is 0.305 e. The van der Waals surface area contributed by atoms with E-state index in [1.807, 2.05) is 0 Å². The molecule has 0 bridgehead atoms. The minimum atomic E-state index is -0.0834. The van der Waals surface area contributed by atoms with E-state index in [0.717, 1.165) is 68.9 Å². The minimum Gasteiger partial charge on any atom is -1.00 e. The summed E-state index contributed by atoms with van der Waals surface area (Å²) < 4.78 is 12.3. The molecule has 1 aliphatic heterocycles. The van der Waals surface area contributed by atoms with Gasteiger partial charge in [-0.25, -0.2) is 0 Å². The molecule has 5 nitrogen and oxygen atoms in total. The summed E-state index contributed by atoms with van der Waals surface area (Å²) in [5.74, 6) is 0.319. The van der Waals surface area contributed by atoms with Crippen molar-refractivity contribution in [2.24, 2.45) is 11.8 Å². The van der Waals surface area contributed by atoms with Gasteiger partial charge < -0.3 is 26.4 Å². The average Bonchev–Trinajstić information content (AvgIpc) is 3.39. The third kappa shape index (κ3) is 29.8. The van der Waals surface area contributed by atoms with Gasteiger partial charge in [-0.05, 0) is 77.0 Å². The highest BCUT2D eigenvalue weighted by Crippen LogP contribution is 2.28. The molecule has 0 amide bonds. The van der Waals surface area contributed by atoms with Gasteiger partial charge >= 0.3 is 11.9 Å². The molecular formula is C44H78ClNO4. The van der Waals surface area contributed by atoms with Crippen molar-refractivity contribution in [2.75, 3.05) is 40.4 Å². The molecule has 1 heterocycles. The van der Waals surface area contributed by atoms with Gasteiger partial charge in [0.25, 0.3) is 0 Å². The van der Waals surface area contributed by atoms with Crippen LogP contribution in [0.1, 0.15) is 168 Å². The van der Waals surface area contributed by atoms with Crippen molar-refractivity contribution in [2.45, 2.75) is 168 Å². The van der Waals surface area contributed by atoms with E-state index in [1.54, 1.807) is 0 Å². The van der Waals surface area contributed by atoms with Crippen molar-refractivity contribution in [3.8, 4) is 0 Å². The highest BCUT2D eigenvalue weighted by molar-refractivity contribution is 5.69. The SMILES string of the molecule is CCCCC/C=C\C/C=C\CCCCCCCC(=O)OCC1C[N+](C)(C)C[C@H]1COC(=O)CCCCCCC/C=C\C/C=C\CCCCC.[Cl-]. The molecule has 0 aliphatic carbocycles. The Morgan fingerprint density at radius 2 is 0.820 bits per heavy atom. The summed E-state index contributed by atoms with van der Waals surface area (Å²) in [5.41, 5.74) is 0. The first-order valence-corrected chi connectivity index (χ1v) is 20.6. The van der Waals surface area contributed by atoms with E-state index in [-0.39, 0.29) is 36.2 Å². The summed E-state index contributed by atoms with van der Waals surface area (Å²) in [5, 5.41) is 0. The second kappa shape index (κ2) is 34.2. The summed E-state index contributed by atoms with van der Waals surface area (Å²) in [4.78, 5) is 24.9. The van der Waals surface area contributed by atoms with Crippen molar-refractivity contribution < 1.29 is 36.0 Å². The maximum Gasteiger partial charge on any atom is 0.305 e. The number of ether oxygens (including phenoxy) is 2. The van der Waals surface area contributed by atoms with Gasteiger partial charge in [-0.2, -0.15) is 0 Å². The van der Waals surface area contributed by atoms with Crippen LogP contribution in [0, 0.1) is 11.8 Å². The number of carbonyl (C=O) groups excluding carboxylic acids is 2. The predicted molar refractivity (Wildman–Crippen MR) is 209 cm³/mol. The first kappa shape index (κ1) is 48.1. The lowest BCUT2D eigenvalue weighted by molar-refractivity contribution is -0.880. The molecule has 0 N–H and O–H groups in total. The van der Waals surface area contributed by atoms with Gasteiger partial charge in [-0.15, -0.1) is 0 Å². The zero-order chi connectivity index (χ0) is 35.7. The normalized spacial score (nSPS) is 17.4. The van der Waals surface area contributed by atoms with Crippen LogP contribution in [-0.2, 0) is 19.1 Å². The molecule has 0 saturated carbocycles. The van der Waals surface area contributed by atoms with E-state index in [2.05, 4.69) is 76.6 Å². The van der Waals surface area contributed by atoms with Crippen molar-refractivity contribution in [3.05, 3.63) is 48.6 Å².